The molecule has 1 aromatic carbocycles. The van der Waals surface area contributed by atoms with E-state index in [0.29, 0.717) is 40.9 Å². The van der Waals surface area contributed by atoms with E-state index >= 15 is 0 Å². The lowest BCUT2D eigenvalue weighted by Gasteiger charge is -2.35. The van der Waals surface area contributed by atoms with Crippen molar-refractivity contribution in [3.8, 4) is 0 Å². The summed E-state index contributed by atoms with van der Waals surface area (Å²) in [6, 6.07) is 7.63. The van der Waals surface area contributed by atoms with E-state index in [-0.39, 0.29) is 56.5 Å². The predicted octanol–water partition coefficient (Wildman–Crippen LogP) is 0.431. The van der Waals surface area contributed by atoms with Crippen molar-refractivity contribution in [3.63, 3.8) is 0 Å². The number of H-pyrrole nitrogens is 1. The second kappa shape index (κ2) is 27.4. The lowest BCUT2D eigenvalue weighted by atomic mass is 9.85. The number of pyridine rings is 1. The summed E-state index contributed by atoms with van der Waals surface area (Å²) in [5.41, 5.74) is -0.208. The number of hydrogen-bond acceptors (Lipinski definition) is 12. The molecule has 21 nitrogen and oxygen atoms in total. The molecule has 21 heteroatoms. The van der Waals surface area contributed by atoms with Gasteiger partial charge in [0.1, 0.15) is 36.3 Å². The summed E-state index contributed by atoms with van der Waals surface area (Å²) in [6.07, 6.45) is 4.41. The highest BCUT2D eigenvalue weighted by atomic mass is 16.5. The Morgan fingerprint density at radius 3 is 2.17 bits per heavy atom. The number of aliphatic hydroxyl groups is 4. The quantitative estimate of drug-likeness (QED) is 0.0368. The Hall–Kier alpha value is -6.16. The third-order valence-electron chi connectivity index (χ3n) is 13.4. The zero-order chi connectivity index (χ0) is 52.4. The Kier molecular flexibility index (Phi) is 22.2. The third-order valence-corrected chi connectivity index (χ3v) is 13.4. The number of nitrogens with zero attached hydrogens (tertiary/aromatic N) is 4. The number of imidazole rings is 1. The fourth-order valence-electron chi connectivity index (χ4n) is 8.63. The number of aromatic amines is 1. The number of aliphatic hydroxyl groups excluding tert-OH is 4. The topological polar surface area (TPSA) is 306 Å². The summed E-state index contributed by atoms with van der Waals surface area (Å²) < 4.78 is 0.653. The van der Waals surface area contributed by atoms with Gasteiger partial charge in [-0.05, 0) is 55.1 Å². The number of aromatic nitrogens is 3. The van der Waals surface area contributed by atoms with E-state index in [0.717, 1.165) is 0 Å². The minimum atomic E-state index is -1.74. The monoisotopic (exact) mass is 993 g/mol. The molecule has 1 fully saturated rings. The van der Waals surface area contributed by atoms with Gasteiger partial charge < -0.3 is 67.0 Å². The van der Waals surface area contributed by atoms with Gasteiger partial charge in [-0.15, -0.1) is 0 Å². The first-order valence-electron chi connectivity index (χ1n) is 24.5. The van der Waals surface area contributed by atoms with Crippen molar-refractivity contribution in [1.82, 2.24) is 46.4 Å². The van der Waals surface area contributed by atoms with E-state index in [2.05, 4.69) is 36.6 Å². The van der Waals surface area contributed by atoms with Crippen molar-refractivity contribution in [2.45, 2.75) is 135 Å². The maximum absolute atomic E-state index is 14.8. The van der Waals surface area contributed by atoms with E-state index in [1.165, 1.54) is 35.6 Å². The maximum atomic E-state index is 14.8. The molecular formula is C50H76N10O11. The molecule has 0 radical (unpaired) electrons. The van der Waals surface area contributed by atoms with Crippen LogP contribution in [0, 0.1) is 28.9 Å². The summed E-state index contributed by atoms with van der Waals surface area (Å²) in [5.74, 6) is -4.27. The number of carbonyl (C=O) groups is 6. The smallest absolute Gasteiger partial charge is 0.318 e. The van der Waals surface area contributed by atoms with Gasteiger partial charge >= 0.3 is 6.03 Å². The van der Waals surface area contributed by atoms with Gasteiger partial charge in [-0.1, -0.05) is 78.3 Å². The zero-order valence-corrected chi connectivity index (χ0v) is 42.0. The number of likely N-dealkylation sites (N-methyl/N-ethyl adjacent to an activating group) is 1. The van der Waals surface area contributed by atoms with Gasteiger partial charge in [-0.2, -0.15) is 4.73 Å². The zero-order valence-electron chi connectivity index (χ0n) is 42.0. The van der Waals surface area contributed by atoms with Gasteiger partial charge in [0.25, 0.3) is 0 Å². The normalized spacial score (nSPS) is 16.8. The Bertz CT molecular complexity index is 2170. The highest BCUT2D eigenvalue weighted by molar-refractivity contribution is 5.95. The molecule has 8 atom stereocenters. The molecule has 0 spiro atoms. The number of carbonyl (C=O) groups excluding carboxylic acids is 6. The van der Waals surface area contributed by atoms with Crippen molar-refractivity contribution in [2.24, 2.45) is 23.7 Å². The van der Waals surface area contributed by atoms with Crippen molar-refractivity contribution in [3.05, 3.63) is 89.4 Å². The molecule has 392 valence electrons. The molecule has 0 aliphatic carbocycles. The van der Waals surface area contributed by atoms with Crippen molar-refractivity contribution in [1.29, 1.82) is 0 Å². The van der Waals surface area contributed by atoms with Crippen molar-refractivity contribution in [2.75, 3.05) is 33.4 Å². The van der Waals surface area contributed by atoms with E-state index in [4.69, 9.17) is 0 Å². The average Bonchev–Trinajstić information content (AvgIpc) is 4.08. The van der Waals surface area contributed by atoms with E-state index in [9.17, 15) is 54.4 Å². The summed E-state index contributed by atoms with van der Waals surface area (Å²) in [7, 11) is 1.44. The first kappa shape index (κ1) is 57.4. The first-order chi connectivity index (χ1) is 33.8. The molecule has 4 rings (SSSR count). The van der Waals surface area contributed by atoms with Crippen LogP contribution in [-0.4, -0.2) is 151 Å². The van der Waals surface area contributed by atoms with Gasteiger partial charge in [-0.3, -0.25) is 24.0 Å². The minimum absolute atomic E-state index is 0.00970. The van der Waals surface area contributed by atoms with Gasteiger partial charge in [0.15, 0.2) is 6.20 Å². The molecule has 1 aliphatic rings. The Balaban J connectivity index is 1.58. The molecule has 0 saturated carbocycles. The van der Waals surface area contributed by atoms with Crippen LogP contribution in [0.3, 0.4) is 0 Å². The number of likely N-dealkylation sites (tertiary alicyclic amines) is 1. The van der Waals surface area contributed by atoms with Crippen LogP contribution in [0.25, 0.3) is 0 Å². The Labute approximate surface area is 416 Å². The van der Waals surface area contributed by atoms with Crippen molar-refractivity contribution < 1.29 is 53.9 Å². The van der Waals surface area contributed by atoms with Gasteiger partial charge in [0.05, 0.1) is 38.3 Å². The molecule has 10 N–H and O–H groups in total. The maximum Gasteiger partial charge on any atom is 0.318 e. The number of urea groups is 1. The standard InChI is InChI=1S/C50H76N10O11/c1-8-33(6)43(47(68)52-26-36-17-12-13-20-60(36)71)56-44(65)37(32(4)5)24-42(64)38(21-31(2)3)54-46(67)41(23-35-25-51-30-53-35)58(7)48(69)39(22-34-15-10-9-11-16-34)55-45(66)40-18-14-19-59(40)49(70)57-50(27-61,28-62)29-63/h9-13,15-17,20,25,30-33,37-43,61-64H,8,14,18-19,21-24,26-29H2,1-7H3,(H,51,53)(H,52,68)(H,54,67)(H,55,66)(H,56,65)(H,57,70)/t33-,37-,38-,39-,40-,41-,42-,43-/m0/s1. The number of nitrogens with one attached hydrogen (secondary N) is 6. The summed E-state index contributed by atoms with van der Waals surface area (Å²) >= 11 is 0. The third kappa shape index (κ3) is 16.2. The molecule has 1 saturated heterocycles. The molecule has 0 bridgehead atoms. The van der Waals surface area contributed by atoms with Gasteiger partial charge in [-0.25, -0.2) is 9.78 Å². The number of benzene rings is 1. The van der Waals surface area contributed by atoms with Crippen LogP contribution in [0.5, 0.6) is 0 Å². The van der Waals surface area contributed by atoms with Gasteiger partial charge in [0, 0.05) is 56.4 Å². The van der Waals surface area contributed by atoms with Crippen LogP contribution < -0.4 is 31.3 Å². The number of hydrogen-bond donors (Lipinski definition) is 10. The Morgan fingerprint density at radius 1 is 0.901 bits per heavy atom. The van der Waals surface area contributed by atoms with Crippen LogP contribution in [0.4, 0.5) is 4.79 Å². The largest absolute Gasteiger partial charge is 0.618 e. The van der Waals surface area contributed by atoms with Crippen LogP contribution in [0.1, 0.15) is 90.6 Å². The lowest BCUT2D eigenvalue weighted by molar-refractivity contribution is -0.614. The molecule has 7 amide bonds. The number of amides is 7. The van der Waals surface area contributed by atoms with Crippen LogP contribution >= 0.6 is 0 Å². The second-order valence-corrected chi connectivity index (χ2v) is 19.5. The average molecular weight is 993 g/mol. The highest BCUT2D eigenvalue weighted by Gasteiger charge is 2.41. The lowest BCUT2D eigenvalue weighted by Crippen LogP contribution is -2.62. The van der Waals surface area contributed by atoms with Crippen molar-refractivity contribution >= 4 is 35.6 Å². The fraction of sp³-hybridized carbons (Fsp3) is 0.600. The van der Waals surface area contributed by atoms with E-state index < -0.39 is 103 Å². The first-order valence-corrected chi connectivity index (χ1v) is 24.5. The van der Waals surface area contributed by atoms with Crippen LogP contribution in [-0.2, 0) is 43.4 Å². The summed E-state index contributed by atoms with van der Waals surface area (Å²) in [5, 5.41) is 67.6. The van der Waals surface area contributed by atoms with E-state index in [1.54, 1.807) is 48.5 Å². The molecule has 3 heterocycles. The van der Waals surface area contributed by atoms with E-state index in [1.807, 2.05) is 41.5 Å². The molecule has 3 aromatic rings. The minimum Gasteiger partial charge on any atom is -0.618 e. The Morgan fingerprint density at radius 2 is 1.58 bits per heavy atom. The fourth-order valence-corrected chi connectivity index (χ4v) is 8.63. The molecule has 0 unspecified atom stereocenters. The summed E-state index contributed by atoms with van der Waals surface area (Å²) in [6.45, 7) is 9.03. The van der Waals surface area contributed by atoms with Gasteiger partial charge in [0.2, 0.25) is 35.2 Å². The molecule has 1 aliphatic heterocycles. The summed E-state index contributed by atoms with van der Waals surface area (Å²) in [4.78, 5) is 94.3. The molecule has 2 aromatic heterocycles. The molecular weight excluding hydrogens is 917 g/mol. The second-order valence-electron chi connectivity index (χ2n) is 19.5. The van der Waals surface area contributed by atoms with Crippen LogP contribution in [0.15, 0.2) is 67.3 Å². The SMILES string of the molecule is CC[C@H](C)[C@H](NC(=O)[C@@H](C[C@H](O)[C@H](CC(C)C)NC(=O)[C@H](Cc1cnc[nH]1)N(C)C(=O)[C@H](Cc1ccccc1)NC(=O)[C@@H]1CCCN1C(=O)NC(CO)(CO)CO)C(C)C)C(=O)NCc1cccc[n+]1[O-]. The predicted molar refractivity (Wildman–Crippen MR) is 262 cm³/mol. The number of rotatable bonds is 27. The highest BCUT2D eigenvalue weighted by Crippen LogP contribution is 2.24. The van der Waals surface area contributed by atoms with Crippen LogP contribution in [0.2, 0.25) is 0 Å². The molecule has 71 heavy (non-hydrogen) atoms.